The summed E-state index contributed by atoms with van der Waals surface area (Å²) in [5.74, 6) is 0.557. The first kappa shape index (κ1) is 17.8. The van der Waals surface area contributed by atoms with E-state index in [1.807, 2.05) is 19.9 Å². The van der Waals surface area contributed by atoms with Gasteiger partial charge in [-0.1, -0.05) is 31.2 Å². The van der Waals surface area contributed by atoms with Gasteiger partial charge in [-0.05, 0) is 36.8 Å². The predicted molar refractivity (Wildman–Crippen MR) is 103 cm³/mol. The number of benzene rings is 1. The van der Waals surface area contributed by atoms with Crippen molar-refractivity contribution in [1.82, 2.24) is 14.9 Å². The number of ketones is 1. The smallest absolute Gasteiger partial charge is 0.240 e. The van der Waals surface area contributed by atoms with E-state index in [2.05, 4.69) is 38.4 Å². The van der Waals surface area contributed by atoms with Gasteiger partial charge >= 0.3 is 0 Å². The van der Waals surface area contributed by atoms with Gasteiger partial charge in [0.25, 0.3) is 0 Å². The van der Waals surface area contributed by atoms with Gasteiger partial charge in [0.15, 0.2) is 5.78 Å². The number of amides is 1. The first-order valence-corrected chi connectivity index (χ1v) is 9.49. The van der Waals surface area contributed by atoms with Gasteiger partial charge in [0, 0.05) is 19.5 Å². The van der Waals surface area contributed by atoms with E-state index in [0.29, 0.717) is 30.2 Å². The number of aromatic nitrogens is 2. The minimum Gasteiger partial charge on any atom is -0.294 e. The number of aryl methyl sites for hydroxylation is 1. The number of nitrogens with zero attached hydrogens (tertiary/aromatic N) is 3. The molecule has 0 saturated heterocycles. The van der Waals surface area contributed by atoms with Crippen molar-refractivity contribution in [3.8, 4) is 0 Å². The highest BCUT2D eigenvalue weighted by molar-refractivity contribution is 5.99. The van der Waals surface area contributed by atoms with Gasteiger partial charge in [-0.3, -0.25) is 19.8 Å². The van der Waals surface area contributed by atoms with Crippen molar-refractivity contribution in [2.24, 2.45) is 5.92 Å². The number of carbonyl (C=O) groups excluding carboxylic acids is 2. The summed E-state index contributed by atoms with van der Waals surface area (Å²) in [6, 6.07) is 8.36. The lowest BCUT2D eigenvalue weighted by Gasteiger charge is -2.28. The Bertz CT molecular complexity index is 909. The molecule has 1 aromatic heterocycles. The normalized spacial score (nSPS) is 19.3. The zero-order valence-corrected chi connectivity index (χ0v) is 15.8. The molecule has 0 spiro atoms. The minimum absolute atomic E-state index is 0.103. The summed E-state index contributed by atoms with van der Waals surface area (Å²) >= 11 is 0. The molecule has 2 aliphatic rings. The van der Waals surface area contributed by atoms with E-state index in [1.165, 1.54) is 11.1 Å². The molecule has 140 valence electrons. The number of Topliss-reactive ketones (excluding diaryl/α,β-unsaturated/α-hetero) is 1. The van der Waals surface area contributed by atoms with Crippen LogP contribution in [0.2, 0.25) is 0 Å². The molecule has 0 radical (unpaired) electrons. The summed E-state index contributed by atoms with van der Waals surface area (Å²) in [6.45, 7) is 5.81. The van der Waals surface area contributed by atoms with Crippen LogP contribution in [0.5, 0.6) is 0 Å². The lowest BCUT2D eigenvalue weighted by atomic mass is 9.86. The third-order valence-electron chi connectivity index (χ3n) is 5.35. The molecule has 2 heterocycles. The molecule has 0 bridgehead atoms. The van der Waals surface area contributed by atoms with E-state index in [9.17, 15) is 9.59 Å². The number of anilines is 1. The Kier molecular flexibility index (Phi) is 4.74. The maximum Gasteiger partial charge on any atom is 0.240 e. The molecule has 6 nitrogen and oxygen atoms in total. The highest BCUT2D eigenvalue weighted by Gasteiger charge is 2.27. The standard InChI is InChI=1S/C21H24N4O2/c1-13-9-17-20(18(26)10-13)14(2)22-21(23-17)24-19(27)12-25-8-7-15-5-3-4-6-16(15)11-25/h3-6,13H,7-12H2,1-2H3,(H,22,23,24,27). The van der Waals surface area contributed by atoms with Crippen LogP contribution in [0.1, 0.15) is 46.2 Å². The third kappa shape index (κ3) is 3.76. The summed E-state index contributed by atoms with van der Waals surface area (Å²) in [4.78, 5) is 35.7. The fourth-order valence-electron chi connectivity index (χ4n) is 4.08. The Hall–Kier alpha value is -2.60. The minimum atomic E-state index is -0.121. The second-order valence-corrected chi connectivity index (χ2v) is 7.67. The van der Waals surface area contributed by atoms with Crippen LogP contribution in [0.3, 0.4) is 0 Å². The lowest BCUT2D eigenvalue weighted by molar-refractivity contribution is -0.117. The molecule has 1 aliphatic heterocycles. The Morgan fingerprint density at radius 1 is 1.22 bits per heavy atom. The van der Waals surface area contributed by atoms with Crippen molar-refractivity contribution in [3.05, 3.63) is 52.3 Å². The van der Waals surface area contributed by atoms with Gasteiger partial charge in [0.1, 0.15) is 0 Å². The monoisotopic (exact) mass is 364 g/mol. The quantitative estimate of drug-likeness (QED) is 0.906. The summed E-state index contributed by atoms with van der Waals surface area (Å²) < 4.78 is 0. The van der Waals surface area contributed by atoms with E-state index >= 15 is 0 Å². The number of nitrogens with one attached hydrogen (secondary N) is 1. The highest BCUT2D eigenvalue weighted by Crippen LogP contribution is 2.26. The van der Waals surface area contributed by atoms with Crippen molar-refractivity contribution < 1.29 is 9.59 Å². The number of carbonyl (C=O) groups is 2. The SMILES string of the molecule is Cc1nc(NC(=O)CN2CCc3ccccc3C2)nc2c1C(=O)CC(C)C2. The molecule has 0 saturated carbocycles. The molecule has 1 N–H and O–H groups in total. The van der Waals surface area contributed by atoms with Crippen LogP contribution < -0.4 is 5.32 Å². The molecular weight excluding hydrogens is 340 g/mol. The van der Waals surface area contributed by atoms with Crippen LogP contribution >= 0.6 is 0 Å². The highest BCUT2D eigenvalue weighted by atomic mass is 16.2. The van der Waals surface area contributed by atoms with Crippen LogP contribution in [0.4, 0.5) is 5.95 Å². The zero-order chi connectivity index (χ0) is 19.0. The van der Waals surface area contributed by atoms with Crippen molar-refractivity contribution in [1.29, 1.82) is 0 Å². The fraction of sp³-hybridized carbons (Fsp3) is 0.429. The first-order valence-electron chi connectivity index (χ1n) is 9.49. The zero-order valence-electron chi connectivity index (χ0n) is 15.8. The summed E-state index contributed by atoms with van der Waals surface area (Å²) in [6.07, 6.45) is 2.24. The molecule has 27 heavy (non-hydrogen) atoms. The Labute approximate surface area is 159 Å². The molecule has 1 atom stereocenters. The Morgan fingerprint density at radius 2 is 2.00 bits per heavy atom. The van der Waals surface area contributed by atoms with Gasteiger partial charge in [0.2, 0.25) is 11.9 Å². The topological polar surface area (TPSA) is 75.2 Å². The summed E-state index contributed by atoms with van der Waals surface area (Å²) in [5, 5.41) is 2.82. The van der Waals surface area contributed by atoms with Crippen molar-refractivity contribution in [2.75, 3.05) is 18.4 Å². The van der Waals surface area contributed by atoms with Gasteiger partial charge < -0.3 is 0 Å². The second-order valence-electron chi connectivity index (χ2n) is 7.67. The average Bonchev–Trinajstić information content (AvgIpc) is 2.60. The molecule has 1 aliphatic carbocycles. The second kappa shape index (κ2) is 7.19. The third-order valence-corrected chi connectivity index (χ3v) is 5.35. The molecule has 6 heteroatoms. The Balaban J connectivity index is 1.44. The Morgan fingerprint density at radius 3 is 2.81 bits per heavy atom. The molecule has 0 fully saturated rings. The van der Waals surface area contributed by atoms with E-state index in [0.717, 1.165) is 31.6 Å². The number of fused-ring (bicyclic) bond motifs is 2. The van der Waals surface area contributed by atoms with Crippen molar-refractivity contribution >= 4 is 17.6 Å². The number of hydrogen-bond donors (Lipinski definition) is 1. The fourth-order valence-corrected chi connectivity index (χ4v) is 4.08. The molecule has 1 aromatic carbocycles. The van der Waals surface area contributed by atoms with Crippen LogP contribution in [-0.2, 0) is 24.2 Å². The maximum absolute atomic E-state index is 12.5. The molecule has 1 amide bonds. The van der Waals surface area contributed by atoms with Crippen LogP contribution in [-0.4, -0.2) is 39.6 Å². The van der Waals surface area contributed by atoms with Gasteiger partial charge in [-0.15, -0.1) is 0 Å². The van der Waals surface area contributed by atoms with Crippen LogP contribution in [0.25, 0.3) is 0 Å². The molecular formula is C21H24N4O2. The van der Waals surface area contributed by atoms with Crippen molar-refractivity contribution in [3.63, 3.8) is 0 Å². The van der Waals surface area contributed by atoms with E-state index in [4.69, 9.17) is 0 Å². The van der Waals surface area contributed by atoms with Crippen LogP contribution in [0, 0.1) is 12.8 Å². The average molecular weight is 364 g/mol. The van der Waals surface area contributed by atoms with Crippen molar-refractivity contribution in [2.45, 2.75) is 39.7 Å². The molecule has 4 rings (SSSR count). The van der Waals surface area contributed by atoms with E-state index < -0.39 is 0 Å². The number of rotatable bonds is 3. The maximum atomic E-state index is 12.5. The first-order chi connectivity index (χ1) is 13.0. The summed E-state index contributed by atoms with van der Waals surface area (Å²) in [7, 11) is 0. The lowest BCUT2D eigenvalue weighted by Crippen LogP contribution is -2.37. The van der Waals surface area contributed by atoms with E-state index in [1.54, 1.807) is 0 Å². The summed E-state index contributed by atoms with van der Waals surface area (Å²) in [5.41, 5.74) is 4.69. The largest absolute Gasteiger partial charge is 0.294 e. The van der Waals surface area contributed by atoms with E-state index in [-0.39, 0.29) is 17.6 Å². The van der Waals surface area contributed by atoms with Gasteiger partial charge in [-0.25, -0.2) is 9.97 Å². The molecule has 2 aromatic rings. The predicted octanol–water partition coefficient (Wildman–Crippen LogP) is 2.55. The molecule has 1 unspecified atom stereocenters. The number of hydrogen-bond acceptors (Lipinski definition) is 5. The van der Waals surface area contributed by atoms with Crippen LogP contribution in [0.15, 0.2) is 24.3 Å². The van der Waals surface area contributed by atoms with Gasteiger partial charge in [-0.2, -0.15) is 0 Å². The van der Waals surface area contributed by atoms with Gasteiger partial charge in [0.05, 0.1) is 23.5 Å².